The lowest BCUT2D eigenvalue weighted by molar-refractivity contribution is -0.139. The topological polar surface area (TPSA) is 83.5 Å². The molecule has 1 aromatic carbocycles. The zero-order chi connectivity index (χ0) is 14.5. The van der Waals surface area contributed by atoms with Crippen molar-refractivity contribution in [1.82, 2.24) is 4.72 Å². The van der Waals surface area contributed by atoms with Gasteiger partial charge in [-0.1, -0.05) is 17.7 Å². The number of nitrogens with one attached hydrogen (secondary N) is 1. The van der Waals surface area contributed by atoms with Crippen molar-refractivity contribution in [3.8, 4) is 0 Å². The number of rotatable bonds is 7. The predicted octanol–water partition coefficient (Wildman–Crippen LogP) is 1.48. The molecule has 106 valence electrons. The zero-order valence-electron chi connectivity index (χ0n) is 10.8. The van der Waals surface area contributed by atoms with E-state index in [9.17, 15) is 13.2 Å². The standard InChI is InChI=1S/C12H17NO4S2/c1-9-3-5-10(6-4-9)19(16,17)13-11(12(14)15)7-8-18-2/h3-6,11,13H,7-8H2,1-2H3,(H,14,15)/t11-/m0/s1. The lowest BCUT2D eigenvalue weighted by Gasteiger charge is -2.14. The smallest absolute Gasteiger partial charge is 0.321 e. The van der Waals surface area contributed by atoms with E-state index in [4.69, 9.17) is 5.11 Å². The molecule has 0 saturated heterocycles. The SMILES string of the molecule is CSCC[C@H](NS(=O)(=O)c1ccc(C)cc1)C(=O)O. The first-order valence-electron chi connectivity index (χ1n) is 5.67. The van der Waals surface area contributed by atoms with Crippen molar-refractivity contribution in [1.29, 1.82) is 0 Å². The van der Waals surface area contributed by atoms with Gasteiger partial charge in [0.2, 0.25) is 10.0 Å². The number of thioether (sulfide) groups is 1. The second-order valence-corrected chi connectivity index (χ2v) is 6.81. The average molecular weight is 303 g/mol. The summed E-state index contributed by atoms with van der Waals surface area (Å²) >= 11 is 1.47. The molecule has 0 spiro atoms. The molecule has 1 rings (SSSR count). The van der Waals surface area contributed by atoms with E-state index < -0.39 is 22.0 Å². The Morgan fingerprint density at radius 1 is 1.37 bits per heavy atom. The first-order valence-corrected chi connectivity index (χ1v) is 8.55. The number of carboxylic acids is 1. The molecule has 0 saturated carbocycles. The number of hydrogen-bond acceptors (Lipinski definition) is 4. The van der Waals surface area contributed by atoms with Crippen LogP contribution in [-0.4, -0.2) is 37.5 Å². The van der Waals surface area contributed by atoms with Crippen LogP contribution in [0.3, 0.4) is 0 Å². The van der Waals surface area contributed by atoms with Gasteiger partial charge in [0.1, 0.15) is 6.04 Å². The van der Waals surface area contributed by atoms with E-state index in [1.807, 2.05) is 13.2 Å². The van der Waals surface area contributed by atoms with Crippen molar-refractivity contribution < 1.29 is 18.3 Å². The second-order valence-electron chi connectivity index (χ2n) is 4.11. The summed E-state index contributed by atoms with van der Waals surface area (Å²) in [7, 11) is -3.79. The Labute approximate surface area is 117 Å². The molecule has 7 heteroatoms. The van der Waals surface area contributed by atoms with Crippen molar-refractivity contribution in [2.24, 2.45) is 0 Å². The number of sulfonamides is 1. The van der Waals surface area contributed by atoms with Crippen LogP contribution in [0.5, 0.6) is 0 Å². The molecule has 2 N–H and O–H groups in total. The molecule has 0 aliphatic heterocycles. The number of benzene rings is 1. The summed E-state index contributed by atoms with van der Waals surface area (Å²) in [6.07, 6.45) is 2.09. The van der Waals surface area contributed by atoms with Gasteiger partial charge in [-0.25, -0.2) is 8.42 Å². The van der Waals surface area contributed by atoms with Crippen LogP contribution in [0.15, 0.2) is 29.2 Å². The summed E-state index contributed by atoms with van der Waals surface area (Å²) in [6.45, 7) is 1.85. The Balaban J connectivity index is 2.87. The molecule has 0 heterocycles. The number of aryl methyl sites for hydroxylation is 1. The summed E-state index contributed by atoms with van der Waals surface area (Å²) in [5.74, 6) is -0.586. The highest BCUT2D eigenvalue weighted by atomic mass is 32.2. The van der Waals surface area contributed by atoms with Crippen molar-refractivity contribution >= 4 is 27.8 Å². The molecule has 1 aromatic rings. The highest BCUT2D eigenvalue weighted by Gasteiger charge is 2.24. The van der Waals surface area contributed by atoms with Gasteiger partial charge in [-0.2, -0.15) is 16.5 Å². The number of hydrogen-bond donors (Lipinski definition) is 2. The van der Waals surface area contributed by atoms with Gasteiger partial charge in [-0.3, -0.25) is 4.79 Å². The average Bonchev–Trinajstić information content (AvgIpc) is 2.34. The molecule has 0 bridgehead atoms. The normalized spacial score (nSPS) is 13.2. The summed E-state index contributed by atoms with van der Waals surface area (Å²) in [5.41, 5.74) is 0.941. The minimum absolute atomic E-state index is 0.0773. The van der Waals surface area contributed by atoms with Crippen LogP contribution >= 0.6 is 11.8 Å². The lowest BCUT2D eigenvalue weighted by atomic mass is 10.2. The van der Waals surface area contributed by atoms with Crippen LogP contribution in [0.1, 0.15) is 12.0 Å². The monoisotopic (exact) mass is 303 g/mol. The summed E-state index contributed by atoms with van der Waals surface area (Å²) < 4.78 is 26.3. The quantitative estimate of drug-likeness (QED) is 0.797. The molecule has 0 unspecified atom stereocenters. The van der Waals surface area contributed by atoms with Crippen LogP contribution in [0, 0.1) is 6.92 Å². The third kappa shape index (κ3) is 4.85. The zero-order valence-corrected chi connectivity index (χ0v) is 12.4. The minimum atomic E-state index is -3.79. The molecule has 5 nitrogen and oxygen atoms in total. The molecule has 0 aliphatic rings. The van der Waals surface area contributed by atoms with Gasteiger partial charge in [0.25, 0.3) is 0 Å². The maximum absolute atomic E-state index is 12.0. The number of carbonyl (C=O) groups is 1. The fourth-order valence-electron chi connectivity index (χ4n) is 1.44. The van der Waals surface area contributed by atoms with Crippen LogP contribution in [0.4, 0.5) is 0 Å². The Morgan fingerprint density at radius 2 is 1.95 bits per heavy atom. The molecule has 0 radical (unpaired) electrons. The largest absolute Gasteiger partial charge is 0.480 e. The third-order valence-corrected chi connectivity index (χ3v) is 4.67. The maximum atomic E-state index is 12.0. The van der Waals surface area contributed by atoms with E-state index in [0.717, 1.165) is 5.56 Å². The van der Waals surface area contributed by atoms with Crippen molar-refractivity contribution in [2.75, 3.05) is 12.0 Å². The van der Waals surface area contributed by atoms with Crippen LogP contribution in [0.25, 0.3) is 0 Å². The summed E-state index contributed by atoms with van der Waals surface area (Å²) in [6, 6.07) is 5.17. The van der Waals surface area contributed by atoms with E-state index in [-0.39, 0.29) is 11.3 Å². The van der Waals surface area contributed by atoms with Crippen LogP contribution < -0.4 is 4.72 Å². The maximum Gasteiger partial charge on any atom is 0.321 e. The summed E-state index contributed by atoms with van der Waals surface area (Å²) in [4.78, 5) is 11.1. The van der Waals surface area contributed by atoms with Crippen molar-refractivity contribution in [2.45, 2.75) is 24.3 Å². The third-order valence-electron chi connectivity index (χ3n) is 2.54. The Morgan fingerprint density at radius 3 is 2.42 bits per heavy atom. The summed E-state index contributed by atoms with van der Waals surface area (Å²) in [5, 5.41) is 9.02. The first kappa shape index (κ1) is 16.0. The number of carboxylic acid groups (broad SMARTS) is 1. The fraction of sp³-hybridized carbons (Fsp3) is 0.417. The van der Waals surface area contributed by atoms with Gasteiger partial charge in [-0.15, -0.1) is 0 Å². The molecule has 0 aliphatic carbocycles. The van der Waals surface area contributed by atoms with Gasteiger partial charge in [0, 0.05) is 0 Å². The Kier molecular flexibility index (Phi) is 5.84. The van der Waals surface area contributed by atoms with Gasteiger partial charge in [-0.05, 0) is 37.5 Å². The van der Waals surface area contributed by atoms with Crippen molar-refractivity contribution in [3.05, 3.63) is 29.8 Å². The minimum Gasteiger partial charge on any atom is -0.480 e. The van der Waals surface area contributed by atoms with Gasteiger partial charge in [0.05, 0.1) is 4.90 Å². The molecular weight excluding hydrogens is 286 g/mol. The van der Waals surface area contributed by atoms with Gasteiger partial charge < -0.3 is 5.11 Å². The highest BCUT2D eigenvalue weighted by molar-refractivity contribution is 7.98. The molecule has 0 fully saturated rings. The van der Waals surface area contributed by atoms with Crippen LogP contribution in [-0.2, 0) is 14.8 Å². The lowest BCUT2D eigenvalue weighted by Crippen LogP contribution is -2.41. The molecule has 0 aromatic heterocycles. The van der Waals surface area contributed by atoms with Gasteiger partial charge >= 0.3 is 5.97 Å². The predicted molar refractivity (Wildman–Crippen MR) is 75.9 cm³/mol. The van der Waals surface area contributed by atoms with E-state index in [1.165, 1.54) is 23.9 Å². The van der Waals surface area contributed by atoms with Crippen LogP contribution in [0.2, 0.25) is 0 Å². The molecular formula is C12H17NO4S2. The molecule has 19 heavy (non-hydrogen) atoms. The Bertz CT molecular complexity index is 525. The second kappa shape index (κ2) is 6.93. The van der Waals surface area contributed by atoms with E-state index in [2.05, 4.69) is 4.72 Å². The van der Waals surface area contributed by atoms with E-state index in [0.29, 0.717) is 5.75 Å². The van der Waals surface area contributed by atoms with Crippen molar-refractivity contribution in [3.63, 3.8) is 0 Å². The molecule has 0 amide bonds. The Hall–Kier alpha value is -1.05. The first-order chi connectivity index (χ1) is 8.86. The van der Waals surface area contributed by atoms with E-state index >= 15 is 0 Å². The highest BCUT2D eigenvalue weighted by Crippen LogP contribution is 2.12. The number of aliphatic carboxylic acids is 1. The fourth-order valence-corrected chi connectivity index (χ4v) is 3.14. The van der Waals surface area contributed by atoms with E-state index in [1.54, 1.807) is 12.1 Å². The molecule has 1 atom stereocenters. The van der Waals surface area contributed by atoms with Gasteiger partial charge in [0.15, 0.2) is 0 Å².